The standard InChI is InChI=1S/C15H12ClFO3/c1-8-4-3-5-11(20-2)12(8)9-6-7-10(15(18)19)14(17)13(9)16/h3-7H,1-2H3,(H,18,19). The summed E-state index contributed by atoms with van der Waals surface area (Å²) in [7, 11) is 1.51. The second-order valence-electron chi connectivity index (χ2n) is 4.25. The zero-order chi connectivity index (χ0) is 14.9. The van der Waals surface area contributed by atoms with Gasteiger partial charge in [0, 0.05) is 11.1 Å². The zero-order valence-corrected chi connectivity index (χ0v) is 11.7. The number of aromatic carboxylic acids is 1. The minimum atomic E-state index is -1.35. The van der Waals surface area contributed by atoms with E-state index in [-0.39, 0.29) is 5.02 Å². The van der Waals surface area contributed by atoms with Gasteiger partial charge in [-0.3, -0.25) is 0 Å². The predicted octanol–water partition coefficient (Wildman–Crippen LogP) is 4.16. The first-order valence-electron chi connectivity index (χ1n) is 5.82. The van der Waals surface area contributed by atoms with E-state index in [0.717, 1.165) is 5.56 Å². The number of carboxylic acid groups (broad SMARTS) is 1. The Morgan fingerprint density at radius 1 is 1.30 bits per heavy atom. The molecule has 0 aliphatic carbocycles. The van der Waals surface area contributed by atoms with Crippen LogP contribution in [0.4, 0.5) is 4.39 Å². The fourth-order valence-electron chi connectivity index (χ4n) is 2.06. The topological polar surface area (TPSA) is 46.5 Å². The molecule has 0 spiro atoms. The zero-order valence-electron chi connectivity index (χ0n) is 10.9. The third-order valence-corrected chi connectivity index (χ3v) is 3.41. The van der Waals surface area contributed by atoms with Crippen molar-refractivity contribution in [3.63, 3.8) is 0 Å². The summed E-state index contributed by atoms with van der Waals surface area (Å²) in [6.07, 6.45) is 0. The van der Waals surface area contributed by atoms with Gasteiger partial charge in [0.05, 0.1) is 17.7 Å². The smallest absolute Gasteiger partial charge is 0.338 e. The summed E-state index contributed by atoms with van der Waals surface area (Å²) < 4.78 is 19.3. The number of benzene rings is 2. The summed E-state index contributed by atoms with van der Waals surface area (Å²) in [5, 5.41) is 8.66. The van der Waals surface area contributed by atoms with Crippen LogP contribution in [0.1, 0.15) is 15.9 Å². The van der Waals surface area contributed by atoms with Crippen LogP contribution in [-0.4, -0.2) is 18.2 Å². The van der Waals surface area contributed by atoms with E-state index in [4.69, 9.17) is 21.4 Å². The predicted molar refractivity (Wildman–Crippen MR) is 75.1 cm³/mol. The number of hydrogen-bond donors (Lipinski definition) is 1. The Balaban J connectivity index is 2.72. The third-order valence-electron chi connectivity index (χ3n) is 3.04. The largest absolute Gasteiger partial charge is 0.496 e. The summed E-state index contributed by atoms with van der Waals surface area (Å²) in [6, 6.07) is 8.08. The molecule has 2 aromatic rings. The summed E-state index contributed by atoms with van der Waals surface area (Å²) in [6.45, 7) is 1.84. The molecule has 3 nitrogen and oxygen atoms in total. The maximum atomic E-state index is 14.0. The van der Waals surface area contributed by atoms with Crippen LogP contribution >= 0.6 is 11.6 Å². The van der Waals surface area contributed by atoms with Crippen molar-refractivity contribution in [1.82, 2.24) is 0 Å². The molecule has 0 unspecified atom stereocenters. The Bertz CT molecular complexity index is 683. The van der Waals surface area contributed by atoms with Gasteiger partial charge in [-0.1, -0.05) is 29.8 Å². The summed E-state index contributed by atoms with van der Waals surface area (Å²) >= 11 is 5.98. The molecule has 5 heteroatoms. The lowest BCUT2D eigenvalue weighted by Gasteiger charge is -2.14. The van der Waals surface area contributed by atoms with Crippen molar-refractivity contribution in [2.24, 2.45) is 0 Å². The van der Waals surface area contributed by atoms with Crippen LogP contribution in [0.15, 0.2) is 30.3 Å². The maximum absolute atomic E-state index is 14.0. The number of carboxylic acids is 1. The quantitative estimate of drug-likeness (QED) is 0.924. The van der Waals surface area contributed by atoms with Crippen molar-refractivity contribution in [2.45, 2.75) is 6.92 Å². The summed E-state index contributed by atoms with van der Waals surface area (Å²) in [5.41, 5.74) is 1.46. The molecule has 0 saturated carbocycles. The molecule has 0 bridgehead atoms. The van der Waals surface area contributed by atoms with Gasteiger partial charge in [0.2, 0.25) is 0 Å². The van der Waals surface area contributed by atoms with E-state index in [2.05, 4.69) is 0 Å². The Morgan fingerprint density at radius 3 is 2.60 bits per heavy atom. The van der Waals surface area contributed by atoms with Gasteiger partial charge in [0.1, 0.15) is 5.75 Å². The highest BCUT2D eigenvalue weighted by atomic mass is 35.5. The van der Waals surface area contributed by atoms with E-state index in [1.54, 1.807) is 6.07 Å². The Morgan fingerprint density at radius 2 is 2.00 bits per heavy atom. The van der Waals surface area contributed by atoms with Crippen molar-refractivity contribution in [3.05, 3.63) is 52.3 Å². The number of methoxy groups -OCH3 is 1. The van der Waals surface area contributed by atoms with Crippen molar-refractivity contribution in [2.75, 3.05) is 7.11 Å². The molecule has 0 atom stereocenters. The van der Waals surface area contributed by atoms with E-state index >= 15 is 0 Å². The average molecular weight is 295 g/mol. The first kappa shape index (κ1) is 14.3. The van der Waals surface area contributed by atoms with Gasteiger partial charge in [-0.15, -0.1) is 0 Å². The molecule has 0 amide bonds. The van der Waals surface area contributed by atoms with Crippen LogP contribution in [0, 0.1) is 12.7 Å². The lowest BCUT2D eigenvalue weighted by molar-refractivity contribution is 0.0692. The number of carbonyl (C=O) groups is 1. The van der Waals surface area contributed by atoms with Crippen molar-refractivity contribution >= 4 is 17.6 Å². The van der Waals surface area contributed by atoms with Gasteiger partial charge in [-0.2, -0.15) is 0 Å². The highest BCUT2D eigenvalue weighted by Crippen LogP contribution is 2.39. The average Bonchev–Trinajstić information content (AvgIpc) is 2.41. The van der Waals surface area contributed by atoms with Crippen LogP contribution in [0.25, 0.3) is 11.1 Å². The second-order valence-corrected chi connectivity index (χ2v) is 4.62. The van der Waals surface area contributed by atoms with Crippen LogP contribution in [0.5, 0.6) is 5.75 Å². The monoisotopic (exact) mass is 294 g/mol. The number of hydrogen-bond acceptors (Lipinski definition) is 2. The number of aryl methyl sites for hydroxylation is 1. The van der Waals surface area contributed by atoms with Crippen LogP contribution in [-0.2, 0) is 0 Å². The molecule has 0 radical (unpaired) electrons. The molecular weight excluding hydrogens is 283 g/mol. The molecule has 0 heterocycles. The summed E-state index contributed by atoms with van der Waals surface area (Å²) in [5.74, 6) is -1.75. The van der Waals surface area contributed by atoms with Gasteiger partial charge in [-0.05, 0) is 24.6 Å². The molecular formula is C15H12ClFO3. The van der Waals surface area contributed by atoms with E-state index < -0.39 is 17.3 Å². The van der Waals surface area contributed by atoms with E-state index in [0.29, 0.717) is 16.9 Å². The molecule has 0 aliphatic heterocycles. The molecule has 0 aromatic heterocycles. The fourth-order valence-corrected chi connectivity index (χ4v) is 2.32. The molecule has 0 fully saturated rings. The van der Waals surface area contributed by atoms with Crippen LogP contribution < -0.4 is 4.74 Å². The van der Waals surface area contributed by atoms with Gasteiger partial charge in [0.25, 0.3) is 0 Å². The van der Waals surface area contributed by atoms with Crippen molar-refractivity contribution in [1.29, 1.82) is 0 Å². The Hall–Kier alpha value is -2.07. The fraction of sp³-hybridized carbons (Fsp3) is 0.133. The van der Waals surface area contributed by atoms with Crippen LogP contribution in [0.3, 0.4) is 0 Å². The van der Waals surface area contributed by atoms with Gasteiger partial charge < -0.3 is 9.84 Å². The Kier molecular flexibility index (Phi) is 3.95. The van der Waals surface area contributed by atoms with E-state index in [1.165, 1.54) is 19.2 Å². The minimum Gasteiger partial charge on any atom is -0.496 e. The van der Waals surface area contributed by atoms with Gasteiger partial charge in [0.15, 0.2) is 5.82 Å². The maximum Gasteiger partial charge on any atom is 0.338 e. The van der Waals surface area contributed by atoms with Crippen molar-refractivity contribution in [3.8, 4) is 16.9 Å². The number of ether oxygens (including phenoxy) is 1. The summed E-state index contributed by atoms with van der Waals surface area (Å²) in [4.78, 5) is 10.9. The van der Waals surface area contributed by atoms with Gasteiger partial charge in [-0.25, -0.2) is 9.18 Å². The molecule has 0 saturated heterocycles. The highest BCUT2D eigenvalue weighted by molar-refractivity contribution is 6.34. The molecule has 0 aliphatic rings. The van der Waals surface area contributed by atoms with Gasteiger partial charge >= 0.3 is 5.97 Å². The van der Waals surface area contributed by atoms with Crippen LogP contribution in [0.2, 0.25) is 5.02 Å². The first-order valence-corrected chi connectivity index (χ1v) is 6.20. The number of rotatable bonds is 3. The molecule has 104 valence electrons. The Labute approximate surface area is 120 Å². The lowest BCUT2D eigenvalue weighted by atomic mass is 9.98. The minimum absolute atomic E-state index is 0.225. The second kappa shape index (κ2) is 5.51. The lowest BCUT2D eigenvalue weighted by Crippen LogP contribution is -2.02. The molecule has 2 aromatic carbocycles. The first-order chi connectivity index (χ1) is 9.47. The highest BCUT2D eigenvalue weighted by Gasteiger charge is 2.20. The van der Waals surface area contributed by atoms with E-state index in [9.17, 15) is 9.18 Å². The molecule has 20 heavy (non-hydrogen) atoms. The SMILES string of the molecule is COc1cccc(C)c1-c1ccc(C(=O)O)c(F)c1Cl. The number of halogens is 2. The molecule has 1 N–H and O–H groups in total. The third kappa shape index (κ3) is 2.34. The van der Waals surface area contributed by atoms with Crippen molar-refractivity contribution < 1.29 is 19.0 Å². The normalized spacial score (nSPS) is 10.4. The molecule has 2 rings (SSSR count). The van der Waals surface area contributed by atoms with E-state index in [1.807, 2.05) is 19.1 Å².